The third kappa shape index (κ3) is 2.74. The van der Waals surface area contributed by atoms with Crippen LogP contribution >= 0.6 is 11.8 Å². The van der Waals surface area contributed by atoms with Gasteiger partial charge >= 0.3 is 0 Å². The molecule has 0 fully saturated rings. The van der Waals surface area contributed by atoms with Crippen LogP contribution in [0.25, 0.3) is 10.8 Å². The number of hydrogen-bond acceptors (Lipinski definition) is 2. The van der Waals surface area contributed by atoms with Crippen molar-refractivity contribution in [3.05, 3.63) is 42.5 Å². The number of rotatable bonds is 3. The van der Waals surface area contributed by atoms with Crippen LogP contribution in [0.2, 0.25) is 0 Å². The van der Waals surface area contributed by atoms with Crippen LogP contribution in [-0.2, 0) is 0 Å². The van der Waals surface area contributed by atoms with Crippen molar-refractivity contribution in [2.24, 2.45) is 5.73 Å². The SMILES string of the molecule is C[C@H](N)CSc1ccc2ccccc2c1. The molecular weight excluding hydrogens is 202 g/mol. The first-order chi connectivity index (χ1) is 7.25. The van der Waals surface area contributed by atoms with Gasteiger partial charge in [0, 0.05) is 16.7 Å². The lowest BCUT2D eigenvalue weighted by Crippen LogP contribution is -2.17. The van der Waals surface area contributed by atoms with Crippen molar-refractivity contribution in [1.29, 1.82) is 0 Å². The summed E-state index contributed by atoms with van der Waals surface area (Å²) in [4.78, 5) is 1.30. The Morgan fingerprint density at radius 1 is 1.13 bits per heavy atom. The van der Waals surface area contributed by atoms with Gasteiger partial charge in [0.1, 0.15) is 0 Å². The van der Waals surface area contributed by atoms with Crippen molar-refractivity contribution in [2.45, 2.75) is 17.9 Å². The summed E-state index contributed by atoms with van der Waals surface area (Å²) in [7, 11) is 0. The lowest BCUT2D eigenvalue weighted by molar-refractivity contribution is 0.847. The van der Waals surface area contributed by atoms with Crippen molar-refractivity contribution in [3.63, 3.8) is 0 Å². The molecule has 2 heteroatoms. The van der Waals surface area contributed by atoms with E-state index in [1.54, 1.807) is 0 Å². The smallest absolute Gasteiger partial charge is 0.0129 e. The molecule has 0 aliphatic heterocycles. The van der Waals surface area contributed by atoms with Gasteiger partial charge in [-0.15, -0.1) is 11.8 Å². The minimum absolute atomic E-state index is 0.251. The van der Waals surface area contributed by atoms with E-state index >= 15 is 0 Å². The molecule has 2 rings (SSSR count). The number of nitrogens with two attached hydrogens (primary N) is 1. The van der Waals surface area contributed by atoms with Crippen LogP contribution in [0.4, 0.5) is 0 Å². The van der Waals surface area contributed by atoms with Gasteiger partial charge in [0.25, 0.3) is 0 Å². The molecule has 1 atom stereocenters. The summed E-state index contributed by atoms with van der Waals surface area (Å²) in [6, 6.07) is 15.2. The number of fused-ring (bicyclic) bond motifs is 1. The van der Waals surface area contributed by atoms with E-state index in [0.717, 1.165) is 5.75 Å². The average Bonchev–Trinajstić information content (AvgIpc) is 2.26. The van der Waals surface area contributed by atoms with Crippen LogP contribution in [0.15, 0.2) is 47.4 Å². The molecule has 78 valence electrons. The topological polar surface area (TPSA) is 26.0 Å². The van der Waals surface area contributed by atoms with Crippen LogP contribution in [-0.4, -0.2) is 11.8 Å². The van der Waals surface area contributed by atoms with Crippen molar-refractivity contribution >= 4 is 22.5 Å². The van der Waals surface area contributed by atoms with E-state index in [4.69, 9.17) is 5.73 Å². The fraction of sp³-hybridized carbons (Fsp3) is 0.231. The van der Waals surface area contributed by atoms with Gasteiger partial charge in [0.2, 0.25) is 0 Å². The lowest BCUT2D eigenvalue weighted by atomic mass is 10.1. The van der Waals surface area contributed by atoms with Crippen LogP contribution in [0, 0.1) is 0 Å². The van der Waals surface area contributed by atoms with Crippen LogP contribution in [0.3, 0.4) is 0 Å². The van der Waals surface area contributed by atoms with Gasteiger partial charge in [-0.1, -0.05) is 30.3 Å². The van der Waals surface area contributed by atoms with Gasteiger partial charge in [-0.2, -0.15) is 0 Å². The zero-order valence-electron chi connectivity index (χ0n) is 8.81. The molecule has 2 aromatic rings. The van der Waals surface area contributed by atoms with Crippen molar-refractivity contribution in [3.8, 4) is 0 Å². The Morgan fingerprint density at radius 2 is 1.87 bits per heavy atom. The molecule has 0 heterocycles. The van der Waals surface area contributed by atoms with E-state index in [-0.39, 0.29) is 6.04 Å². The van der Waals surface area contributed by atoms with Gasteiger partial charge in [-0.05, 0) is 29.8 Å². The predicted molar refractivity (Wildman–Crippen MR) is 68.3 cm³/mol. The molecule has 0 amide bonds. The normalized spacial score (nSPS) is 12.9. The highest BCUT2D eigenvalue weighted by molar-refractivity contribution is 7.99. The molecule has 0 aliphatic rings. The molecule has 15 heavy (non-hydrogen) atoms. The highest BCUT2D eigenvalue weighted by atomic mass is 32.2. The first-order valence-corrected chi connectivity index (χ1v) is 6.11. The summed E-state index contributed by atoms with van der Waals surface area (Å²) < 4.78 is 0. The largest absolute Gasteiger partial charge is 0.327 e. The number of hydrogen-bond donors (Lipinski definition) is 1. The van der Waals surface area contributed by atoms with E-state index in [1.807, 2.05) is 18.7 Å². The summed E-state index contributed by atoms with van der Waals surface area (Å²) in [6.07, 6.45) is 0. The zero-order valence-corrected chi connectivity index (χ0v) is 9.63. The van der Waals surface area contributed by atoms with Crippen molar-refractivity contribution in [1.82, 2.24) is 0 Å². The summed E-state index contributed by atoms with van der Waals surface area (Å²) >= 11 is 1.82. The average molecular weight is 217 g/mol. The second-order valence-corrected chi connectivity index (χ2v) is 4.89. The maximum absolute atomic E-state index is 5.73. The molecular formula is C13H15NS. The molecule has 2 aromatic carbocycles. The molecule has 0 saturated heterocycles. The standard InChI is InChI=1S/C13H15NS/c1-10(14)9-15-13-7-6-11-4-2-3-5-12(11)8-13/h2-8,10H,9,14H2,1H3/t10-/m0/s1. The van der Waals surface area contributed by atoms with E-state index in [1.165, 1.54) is 15.7 Å². The number of benzene rings is 2. The molecule has 0 aliphatic carbocycles. The van der Waals surface area contributed by atoms with Crippen LogP contribution in [0.1, 0.15) is 6.92 Å². The van der Waals surface area contributed by atoms with Crippen LogP contribution in [0.5, 0.6) is 0 Å². The molecule has 0 unspecified atom stereocenters. The quantitative estimate of drug-likeness (QED) is 0.798. The van der Waals surface area contributed by atoms with E-state index in [2.05, 4.69) is 42.5 Å². The molecule has 0 saturated carbocycles. The van der Waals surface area contributed by atoms with Gasteiger partial charge in [-0.25, -0.2) is 0 Å². The molecule has 0 aromatic heterocycles. The van der Waals surface area contributed by atoms with Gasteiger partial charge < -0.3 is 5.73 Å². The second kappa shape index (κ2) is 4.69. The van der Waals surface area contributed by atoms with E-state index in [9.17, 15) is 0 Å². The van der Waals surface area contributed by atoms with Crippen molar-refractivity contribution in [2.75, 3.05) is 5.75 Å². The minimum atomic E-state index is 0.251. The molecule has 1 nitrogen and oxygen atoms in total. The highest BCUT2D eigenvalue weighted by Crippen LogP contribution is 2.23. The Balaban J connectivity index is 2.23. The van der Waals surface area contributed by atoms with Gasteiger partial charge in [0.15, 0.2) is 0 Å². The van der Waals surface area contributed by atoms with E-state index in [0.29, 0.717) is 0 Å². The van der Waals surface area contributed by atoms with Crippen LogP contribution < -0.4 is 5.73 Å². The summed E-state index contributed by atoms with van der Waals surface area (Å²) in [5.74, 6) is 0.971. The molecule has 0 radical (unpaired) electrons. The Bertz CT molecular complexity index is 451. The first-order valence-electron chi connectivity index (χ1n) is 5.13. The third-order valence-corrected chi connectivity index (χ3v) is 3.51. The monoisotopic (exact) mass is 217 g/mol. The Morgan fingerprint density at radius 3 is 2.60 bits per heavy atom. The minimum Gasteiger partial charge on any atom is -0.327 e. The van der Waals surface area contributed by atoms with Gasteiger partial charge in [-0.3, -0.25) is 0 Å². The lowest BCUT2D eigenvalue weighted by Gasteiger charge is -2.05. The highest BCUT2D eigenvalue weighted by Gasteiger charge is 1.98. The fourth-order valence-corrected chi connectivity index (χ4v) is 2.31. The number of thioether (sulfide) groups is 1. The second-order valence-electron chi connectivity index (χ2n) is 3.80. The molecule has 2 N–H and O–H groups in total. The summed E-state index contributed by atoms with van der Waals surface area (Å²) in [5.41, 5.74) is 5.73. The maximum Gasteiger partial charge on any atom is 0.0129 e. The Hall–Kier alpha value is -0.990. The fourth-order valence-electron chi connectivity index (χ4n) is 1.48. The Kier molecular flexibility index (Phi) is 3.29. The zero-order chi connectivity index (χ0) is 10.7. The van der Waals surface area contributed by atoms with E-state index < -0.39 is 0 Å². The summed E-state index contributed by atoms with van der Waals surface area (Å²) in [5, 5.41) is 2.59. The van der Waals surface area contributed by atoms with Gasteiger partial charge in [0.05, 0.1) is 0 Å². The molecule has 0 bridgehead atoms. The van der Waals surface area contributed by atoms with Crippen molar-refractivity contribution < 1.29 is 0 Å². The summed E-state index contributed by atoms with van der Waals surface area (Å²) in [6.45, 7) is 2.04. The Labute approximate surface area is 94.7 Å². The third-order valence-electron chi connectivity index (χ3n) is 2.23. The predicted octanol–water partition coefficient (Wildman–Crippen LogP) is 3.28. The first kappa shape index (κ1) is 10.5. The maximum atomic E-state index is 5.73. The molecule has 0 spiro atoms.